The van der Waals surface area contributed by atoms with Gasteiger partial charge in [0.15, 0.2) is 0 Å². The molecule has 1 aliphatic rings. The summed E-state index contributed by atoms with van der Waals surface area (Å²) >= 11 is 6.74. The van der Waals surface area contributed by atoms with Gasteiger partial charge >= 0.3 is 16.3 Å². The molecule has 4 aromatic rings. The molecule has 0 spiro atoms. The van der Waals surface area contributed by atoms with Gasteiger partial charge in [-0.3, -0.25) is 4.79 Å². The van der Waals surface area contributed by atoms with Crippen molar-refractivity contribution in [3.8, 4) is 17.2 Å². The summed E-state index contributed by atoms with van der Waals surface area (Å²) in [5.74, 6) is -0.522. The van der Waals surface area contributed by atoms with Crippen molar-refractivity contribution in [3.63, 3.8) is 0 Å². The number of halogens is 1. The average Bonchev–Trinajstić information content (AvgIpc) is 3.41. The fourth-order valence-corrected chi connectivity index (χ4v) is 7.06. The van der Waals surface area contributed by atoms with E-state index in [0.717, 1.165) is 27.4 Å². The molecule has 0 saturated carbocycles. The Bertz CT molecular complexity index is 1830. The summed E-state index contributed by atoms with van der Waals surface area (Å²) in [6.45, 7) is 4.37. The lowest BCUT2D eigenvalue weighted by atomic mass is 9.84. The molecular weight excluding hydrogens is 624 g/mol. The lowest BCUT2D eigenvalue weighted by Crippen LogP contribution is -2.37. The van der Waals surface area contributed by atoms with Gasteiger partial charge in [0.05, 0.1) is 30.7 Å². The molecule has 0 amide bonds. The van der Waals surface area contributed by atoms with Gasteiger partial charge in [0.25, 0.3) is 0 Å². The second kappa shape index (κ2) is 13.6. The molecule has 0 aliphatic carbocycles. The number of carbonyl (C=O) groups excluding carboxylic acids is 1. The zero-order chi connectivity index (χ0) is 32.3. The minimum Gasteiger partial charge on any atom is -0.508 e. The highest BCUT2D eigenvalue weighted by Crippen LogP contribution is 2.40. The van der Waals surface area contributed by atoms with Crippen molar-refractivity contribution in [3.05, 3.63) is 75.3 Å². The van der Waals surface area contributed by atoms with E-state index >= 15 is 0 Å². The van der Waals surface area contributed by atoms with Crippen LogP contribution < -0.4 is 8.92 Å². The number of phenolic OH excluding ortho intramolecular Hbond substituents is 1. The van der Waals surface area contributed by atoms with E-state index in [2.05, 4.69) is 10.3 Å². The van der Waals surface area contributed by atoms with Crippen molar-refractivity contribution in [2.45, 2.75) is 58.7 Å². The van der Waals surface area contributed by atoms with Crippen LogP contribution in [0.5, 0.6) is 17.2 Å². The Morgan fingerprint density at radius 2 is 1.98 bits per heavy atom. The Kier molecular flexibility index (Phi) is 9.82. The number of phenols is 1. The molecular formula is C31H35ClN4O8S. The van der Waals surface area contributed by atoms with E-state index in [1.54, 1.807) is 23.7 Å². The van der Waals surface area contributed by atoms with E-state index < -0.39 is 22.2 Å². The van der Waals surface area contributed by atoms with Gasteiger partial charge in [0, 0.05) is 43.3 Å². The molecule has 1 aliphatic heterocycles. The van der Waals surface area contributed by atoms with E-state index in [1.807, 2.05) is 19.1 Å². The first kappa shape index (κ1) is 32.5. The predicted octanol–water partition coefficient (Wildman–Crippen LogP) is 4.60. The minimum absolute atomic E-state index is 0.00923. The number of esters is 1. The van der Waals surface area contributed by atoms with Gasteiger partial charge in [-0.15, -0.1) is 5.10 Å². The highest BCUT2D eigenvalue weighted by atomic mass is 35.5. The van der Waals surface area contributed by atoms with Crippen LogP contribution in [0.15, 0.2) is 42.5 Å². The maximum atomic E-state index is 13.1. The average molecular weight is 659 g/mol. The van der Waals surface area contributed by atoms with Gasteiger partial charge in [-0.1, -0.05) is 28.9 Å². The van der Waals surface area contributed by atoms with Crippen LogP contribution in [0.1, 0.15) is 59.9 Å². The van der Waals surface area contributed by atoms with E-state index in [-0.39, 0.29) is 55.0 Å². The van der Waals surface area contributed by atoms with Gasteiger partial charge in [0.1, 0.15) is 22.8 Å². The molecule has 240 valence electrons. The fourth-order valence-electron chi connectivity index (χ4n) is 5.64. The summed E-state index contributed by atoms with van der Waals surface area (Å²) in [5.41, 5.74) is 4.76. The summed E-state index contributed by atoms with van der Waals surface area (Å²) in [6.07, 6.45) is 1.39. The minimum atomic E-state index is -4.19. The third-order valence-electron chi connectivity index (χ3n) is 7.81. The second-order valence-corrected chi connectivity index (χ2v) is 12.7. The molecule has 0 bridgehead atoms. The fraction of sp³-hybridized carbons (Fsp3) is 0.387. The quantitative estimate of drug-likeness (QED) is 0.163. The Morgan fingerprint density at radius 3 is 2.71 bits per heavy atom. The monoisotopic (exact) mass is 658 g/mol. The van der Waals surface area contributed by atoms with Crippen LogP contribution in [-0.4, -0.2) is 64.2 Å². The number of hydrogen-bond donors (Lipinski definition) is 2. The Hall–Kier alpha value is -3.91. The number of aryl methyl sites for hydroxylation is 2. The maximum absolute atomic E-state index is 13.1. The van der Waals surface area contributed by atoms with E-state index in [1.165, 1.54) is 25.3 Å². The van der Waals surface area contributed by atoms with E-state index in [9.17, 15) is 18.3 Å². The number of rotatable bonds is 12. The SMILES string of the molecule is CCOC(=O)CC(c1cc(Cl)c(OC)c(CN2Cc3cc(O)ccc3OS2(=O)=O)c1)c1ccc2c(nnn2CCCCO)c1C. The molecule has 1 unspecified atom stereocenters. The number of carbonyl (C=O) groups is 1. The largest absolute Gasteiger partial charge is 0.508 e. The van der Waals surface area contributed by atoms with Crippen LogP contribution in [0.4, 0.5) is 0 Å². The maximum Gasteiger partial charge on any atom is 0.385 e. The van der Waals surface area contributed by atoms with Crippen molar-refractivity contribution in [2.24, 2.45) is 0 Å². The smallest absolute Gasteiger partial charge is 0.385 e. The number of aromatic nitrogens is 3. The molecule has 3 aromatic carbocycles. The number of benzene rings is 3. The standard InChI is InChI=1S/C31H35ClN4O8S/c1-4-43-29(39)16-25(24-8-9-27-30(19(24)2)33-34-36(27)11-5-6-12-37)20-13-22(31(42-3)26(32)15-20)18-35-17-21-14-23(38)7-10-28(21)44-45(35,40)41/h7-10,13-15,25,37-38H,4-6,11-12,16-18H2,1-3H3. The molecule has 1 aromatic heterocycles. The summed E-state index contributed by atoms with van der Waals surface area (Å²) in [7, 11) is -2.75. The third kappa shape index (κ3) is 6.86. The molecule has 12 nitrogen and oxygen atoms in total. The second-order valence-electron chi connectivity index (χ2n) is 10.7. The van der Waals surface area contributed by atoms with Gasteiger partial charge in [-0.05, 0) is 73.7 Å². The summed E-state index contributed by atoms with van der Waals surface area (Å²) < 4.78 is 45.4. The Labute approximate surface area is 266 Å². The number of unbranched alkanes of at least 4 members (excludes halogenated alkanes) is 1. The Balaban J connectivity index is 1.56. The predicted molar refractivity (Wildman–Crippen MR) is 167 cm³/mol. The van der Waals surface area contributed by atoms with Crippen molar-refractivity contribution in [2.75, 3.05) is 20.3 Å². The molecule has 2 heterocycles. The van der Waals surface area contributed by atoms with Crippen LogP contribution in [-0.2, 0) is 39.5 Å². The number of ether oxygens (including phenoxy) is 2. The van der Waals surface area contributed by atoms with Crippen molar-refractivity contribution in [1.82, 2.24) is 19.3 Å². The molecule has 0 fully saturated rings. The molecule has 1 atom stereocenters. The lowest BCUT2D eigenvalue weighted by molar-refractivity contribution is -0.143. The first-order valence-electron chi connectivity index (χ1n) is 14.5. The summed E-state index contributed by atoms with van der Waals surface area (Å²) in [6, 6.07) is 11.5. The van der Waals surface area contributed by atoms with E-state index in [4.69, 9.17) is 30.4 Å². The van der Waals surface area contributed by atoms with Crippen molar-refractivity contribution in [1.29, 1.82) is 0 Å². The first-order chi connectivity index (χ1) is 21.6. The number of methoxy groups -OCH3 is 1. The number of aliphatic hydroxyl groups excluding tert-OH is 1. The number of aliphatic hydroxyl groups is 1. The number of nitrogens with zero attached hydrogens (tertiary/aromatic N) is 4. The Morgan fingerprint density at radius 1 is 1.18 bits per heavy atom. The van der Waals surface area contributed by atoms with Gasteiger partial charge in [-0.25, -0.2) is 4.68 Å². The normalized spacial score (nSPS) is 15.0. The zero-order valence-corrected chi connectivity index (χ0v) is 26.8. The topological polar surface area (TPSA) is 153 Å². The van der Waals surface area contributed by atoms with Crippen LogP contribution in [0, 0.1) is 6.92 Å². The van der Waals surface area contributed by atoms with Crippen molar-refractivity contribution < 1.29 is 37.1 Å². The number of aromatic hydroxyl groups is 1. The molecule has 5 rings (SSSR count). The third-order valence-corrected chi connectivity index (χ3v) is 9.37. The van der Waals surface area contributed by atoms with E-state index in [0.29, 0.717) is 35.2 Å². The molecule has 2 N–H and O–H groups in total. The summed E-state index contributed by atoms with van der Waals surface area (Å²) in [5, 5.41) is 28.1. The van der Waals surface area contributed by atoms with Crippen LogP contribution >= 0.6 is 11.6 Å². The highest BCUT2D eigenvalue weighted by Gasteiger charge is 2.33. The van der Waals surface area contributed by atoms with Crippen LogP contribution in [0.2, 0.25) is 5.02 Å². The zero-order valence-electron chi connectivity index (χ0n) is 25.2. The highest BCUT2D eigenvalue weighted by molar-refractivity contribution is 7.84. The van der Waals surface area contributed by atoms with Crippen molar-refractivity contribution >= 4 is 38.9 Å². The molecule has 45 heavy (non-hydrogen) atoms. The number of fused-ring (bicyclic) bond motifs is 2. The first-order valence-corrected chi connectivity index (χ1v) is 16.3. The number of hydrogen-bond acceptors (Lipinski definition) is 10. The van der Waals surface area contributed by atoms with Gasteiger partial charge in [0.2, 0.25) is 0 Å². The van der Waals surface area contributed by atoms with Crippen LogP contribution in [0.25, 0.3) is 11.0 Å². The summed E-state index contributed by atoms with van der Waals surface area (Å²) in [4.78, 5) is 12.9. The lowest BCUT2D eigenvalue weighted by Gasteiger charge is -2.29. The van der Waals surface area contributed by atoms with Gasteiger partial charge < -0.3 is 23.9 Å². The van der Waals surface area contributed by atoms with Crippen LogP contribution in [0.3, 0.4) is 0 Å². The molecule has 14 heteroatoms. The molecule has 0 radical (unpaired) electrons. The van der Waals surface area contributed by atoms with Gasteiger partial charge in [-0.2, -0.15) is 12.7 Å². The molecule has 0 saturated heterocycles.